The van der Waals surface area contributed by atoms with Crippen molar-refractivity contribution in [1.82, 2.24) is 0 Å². The molecule has 3 heteroatoms. The standard InChI is InChI=1S/C33H29Br2N/c34-27-4-10-30(11-5-27)36(31-12-6-28(35)7-13-31)29-8-1-23(2-9-29)24-3-14-32-25-16-21-15-22(17-25)19-26(18-21)33(32)20-24/h1-14,20-22,25-26H,15-19H2. The molecule has 4 aromatic carbocycles. The second-order valence-electron chi connectivity index (χ2n) is 11.0. The van der Waals surface area contributed by atoms with Crippen molar-refractivity contribution in [3.05, 3.63) is 111 Å². The summed E-state index contributed by atoms with van der Waals surface area (Å²) in [6.45, 7) is 0. The average Bonchev–Trinajstić information content (AvgIpc) is 3.07. The highest BCUT2D eigenvalue weighted by Crippen LogP contribution is 2.56. The van der Waals surface area contributed by atoms with Crippen molar-refractivity contribution >= 4 is 48.9 Å². The number of anilines is 3. The van der Waals surface area contributed by atoms with Gasteiger partial charge in [0.05, 0.1) is 0 Å². The number of rotatable bonds is 4. The molecule has 4 aromatic rings. The van der Waals surface area contributed by atoms with Gasteiger partial charge in [0.25, 0.3) is 0 Å². The number of benzene rings is 4. The monoisotopic (exact) mass is 597 g/mol. The van der Waals surface area contributed by atoms with Crippen molar-refractivity contribution in [2.24, 2.45) is 11.8 Å². The van der Waals surface area contributed by atoms with E-state index in [9.17, 15) is 0 Å². The van der Waals surface area contributed by atoms with Gasteiger partial charge in [-0.05, 0) is 139 Å². The summed E-state index contributed by atoms with van der Waals surface area (Å²) < 4.78 is 2.17. The lowest BCUT2D eigenvalue weighted by Gasteiger charge is -2.38. The van der Waals surface area contributed by atoms with E-state index < -0.39 is 0 Å². The van der Waals surface area contributed by atoms with Gasteiger partial charge in [-0.2, -0.15) is 0 Å². The van der Waals surface area contributed by atoms with E-state index in [1.54, 1.807) is 11.1 Å². The lowest BCUT2D eigenvalue weighted by Crippen LogP contribution is -2.25. The molecule has 0 radical (unpaired) electrons. The molecule has 1 nitrogen and oxygen atoms in total. The van der Waals surface area contributed by atoms with Crippen molar-refractivity contribution in [2.75, 3.05) is 4.90 Å². The average molecular weight is 599 g/mol. The van der Waals surface area contributed by atoms with Crippen LogP contribution in [0.4, 0.5) is 17.1 Å². The molecule has 0 amide bonds. The molecule has 0 spiro atoms. The molecule has 0 heterocycles. The maximum Gasteiger partial charge on any atom is 0.0462 e. The molecule has 2 unspecified atom stereocenters. The van der Waals surface area contributed by atoms with Crippen LogP contribution in [0.1, 0.15) is 55.1 Å². The lowest BCUT2D eigenvalue weighted by molar-refractivity contribution is 0.166. The van der Waals surface area contributed by atoms with Gasteiger partial charge in [-0.25, -0.2) is 0 Å². The molecule has 0 N–H and O–H groups in total. The summed E-state index contributed by atoms with van der Waals surface area (Å²) in [5.41, 5.74) is 9.44. The van der Waals surface area contributed by atoms with Crippen LogP contribution in [0.25, 0.3) is 11.1 Å². The Morgan fingerprint density at radius 1 is 0.472 bits per heavy atom. The van der Waals surface area contributed by atoms with Crippen LogP contribution in [0.3, 0.4) is 0 Å². The van der Waals surface area contributed by atoms with E-state index in [1.165, 1.54) is 43.2 Å². The summed E-state index contributed by atoms with van der Waals surface area (Å²) in [5.74, 6) is 3.51. The van der Waals surface area contributed by atoms with Crippen molar-refractivity contribution < 1.29 is 0 Å². The van der Waals surface area contributed by atoms with Crippen molar-refractivity contribution in [3.63, 3.8) is 0 Å². The molecule has 36 heavy (non-hydrogen) atoms. The minimum absolute atomic E-state index is 0.778. The van der Waals surface area contributed by atoms with E-state index in [1.807, 2.05) is 0 Å². The molecular weight excluding hydrogens is 570 g/mol. The Morgan fingerprint density at radius 3 is 1.44 bits per heavy atom. The van der Waals surface area contributed by atoms with Gasteiger partial charge in [0.15, 0.2) is 0 Å². The smallest absolute Gasteiger partial charge is 0.0462 e. The van der Waals surface area contributed by atoms with Gasteiger partial charge in [0.2, 0.25) is 0 Å². The Bertz CT molecular complexity index is 1330. The molecule has 0 saturated heterocycles. The fraction of sp³-hybridized carbons (Fsp3) is 0.273. The number of hydrogen-bond acceptors (Lipinski definition) is 1. The molecule has 4 aliphatic rings. The largest absolute Gasteiger partial charge is 0.311 e. The minimum atomic E-state index is 0.778. The molecule has 4 aliphatic carbocycles. The maximum atomic E-state index is 3.58. The first kappa shape index (κ1) is 22.8. The minimum Gasteiger partial charge on any atom is -0.311 e. The molecule has 0 aliphatic heterocycles. The Hall–Kier alpha value is -2.36. The summed E-state index contributed by atoms with van der Waals surface area (Å²) >= 11 is 7.16. The third kappa shape index (κ3) is 4.15. The van der Waals surface area contributed by atoms with Crippen molar-refractivity contribution in [2.45, 2.75) is 43.9 Å². The maximum absolute atomic E-state index is 3.58. The number of nitrogens with zero attached hydrogens (tertiary/aromatic N) is 1. The third-order valence-corrected chi connectivity index (χ3v) is 9.79. The molecule has 180 valence electrons. The molecule has 0 aromatic heterocycles. The molecule has 8 rings (SSSR count). The second-order valence-corrected chi connectivity index (χ2v) is 12.8. The predicted octanol–water partition coefficient (Wildman–Crippen LogP) is 10.7. The molecule has 2 atom stereocenters. The normalized spacial score (nSPS) is 23.8. The zero-order chi connectivity index (χ0) is 24.2. The third-order valence-electron chi connectivity index (χ3n) is 8.73. The van der Waals surface area contributed by atoms with Gasteiger partial charge in [0, 0.05) is 26.0 Å². The highest BCUT2D eigenvalue weighted by Gasteiger charge is 2.41. The highest BCUT2D eigenvalue weighted by atomic mass is 79.9. The predicted molar refractivity (Wildman–Crippen MR) is 158 cm³/mol. The number of halogens is 2. The molecule has 4 bridgehead atoms. The second kappa shape index (κ2) is 9.19. The van der Waals surface area contributed by atoms with E-state index in [0.29, 0.717) is 0 Å². The Balaban J connectivity index is 1.24. The van der Waals surface area contributed by atoms with Gasteiger partial charge in [-0.1, -0.05) is 62.2 Å². The highest BCUT2D eigenvalue weighted by molar-refractivity contribution is 9.10. The first-order valence-corrected chi connectivity index (χ1v) is 14.7. The van der Waals surface area contributed by atoms with Crippen LogP contribution >= 0.6 is 31.9 Å². The summed E-state index contributed by atoms with van der Waals surface area (Å²) in [4.78, 5) is 2.31. The first-order chi connectivity index (χ1) is 17.6. The van der Waals surface area contributed by atoms with Crippen LogP contribution in [0, 0.1) is 11.8 Å². The fourth-order valence-corrected chi connectivity index (χ4v) is 7.80. The topological polar surface area (TPSA) is 3.24 Å². The van der Waals surface area contributed by atoms with E-state index in [2.05, 4.69) is 128 Å². The first-order valence-electron chi connectivity index (χ1n) is 13.2. The zero-order valence-electron chi connectivity index (χ0n) is 20.2. The summed E-state index contributed by atoms with van der Waals surface area (Å²) in [7, 11) is 0. The van der Waals surface area contributed by atoms with Crippen LogP contribution in [0.5, 0.6) is 0 Å². The zero-order valence-corrected chi connectivity index (χ0v) is 23.4. The quantitative estimate of drug-likeness (QED) is 0.226. The van der Waals surface area contributed by atoms with Crippen molar-refractivity contribution in [3.8, 4) is 11.1 Å². The van der Waals surface area contributed by atoms with Crippen LogP contribution in [0.2, 0.25) is 0 Å². The Labute approximate surface area is 230 Å². The van der Waals surface area contributed by atoms with Gasteiger partial charge >= 0.3 is 0 Å². The van der Waals surface area contributed by atoms with Gasteiger partial charge < -0.3 is 4.90 Å². The lowest BCUT2D eigenvalue weighted by atomic mass is 9.67. The molecule has 2 saturated carbocycles. The van der Waals surface area contributed by atoms with Gasteiger partial charge in [0.1, 0.15) is 0 Å². The number of hydrogen-bond donors (Lipinski definition) is 0. The van der Waals surface area contributed by atoms with E-state index >= 15 is 0 Å². The van der Waals surface area contributed by atoms with Crippen LogP contribution in [-0.2, 0) is 0 Å². The van der Waals surface area contributed by atoms with Gasteiger partial charge in [-0.3, -0.25) is 0 Å². The van der Waals surface area contributed by atoms with Crippen LogP contribution < -0.4 is 4.90 Å². The SMILES string of the molecule is Brc1ccc(N(c2ccc(Br)cc2)c2ccc(-c3ccc4c(c3)C3CC5CC(CC4C5)C3)cc2)cc1. The fourth-order valence-electron chi connectivity index (χ4n) is 7.27. The Kier molecular flexibility index (Phi) is 5.82. The van der Waals surface area contributed by atoms with Gasteiger partial charge in [-0.15, -0.1) is 0 Å². The van der Waals surface area contributed by atoms with Crippen LogP contribution in [-0.4, -0.2) is 0 Å². The van der Waals surface area contributed by atoms with E-state index in [0.717, 1.165) is 49.7 Å². The summed E-state index contributed by atoms with van der Waals surface area (Å²) in [6, 6.07) is 33.6. The van der Waals surface area contributed by atoms with E-state index in [4.69, 9.17) is 0 Å². The summed E-state index contributed by atoms with van der Waals surface area (Å²) in [5, 5.41) is 0. The van der Waals surface area contributed by atoms with Crippen molar-refractivity contribution in [1.29, 1.82) is 0 Å². The molecule has 2 fully saturated rings. The summed E-state index contributed by atoms with van der Waals surface area (Å²) in [6.07, 6.45) is 7.17. The van der Waals surface area contributed by atoms with E-state index in [-0.39, 0.29) is 0 Å². The molecular formula is C33H29Br2N. The Morgan fingerprint density at radius 2 is 0.917 bits per heavy atom. The van der Waals surface area contributed by atoms with Crippen LogP contribution in [0.15, 0.2) is 99.9 Å².